The van der Waals surface area contributed by atoms with E-state index in [1.807, 2.05) is 12.1 Å². The number of nitrogens with zero attached hydrogens (tertiary/aromatic N) is 3. The number of rotatable bonds is 1. The second-order valence-electron chi connectivity index (χ2n) is 12.1. The molecule has 1 atom stereocenters. The Morgan fingerprint density at radius 2 is 1.95 bits per heavy atom. The molecule has 2 fully saturated rings. The molecule has 3 aliphatic rings. The van der Waals surface area contributed by atoms with Crippen LogP contribution in [0.15, 0.2) is 30.3 Å². The number of ether oxygens (including phenoxy) is 1. The van der Waals surface area contributed by atoms with Gasteiger partial charge >= 0.3 is 6.09 Å². The zero-order chi connectivity index (χ0) is 28.4. The number of H-pyrrole nitrogens is 1. The minimum atomic E-state index is -0.917. The molecule has 2 aromatic carbocycles. The summed E-state index contributed by atoms with van der Waals surface area (Å²) in [4.78, 5) is 33.4. The van der Waals surface area contributed by atoms with Gasteiger partial charge in [0.2, 0.25) is 0 Å². The Morgan fingerprint density at radius 3 is 2.60 bits per heavy atom. The first-order valence-electron chi connectivity index (χ1n) is 13.7. The van der Waals surface area contributed by atoms with Crippen LogP contribution in [0.1, 0.15) is 71.9 Å². The van der Waals surface area contributed by atoms with E-state index in [2.05, 4.69) is 48.7 Å². The van der Waals surface area contributed by atoms with Crippen molar-refractivity contribution in [3.05, 3.63) is 63.8 Å². The summed E-state index contributed by atoms with van der Waals surface area (Å²) in [6, 6.07) is 11.3. The molecule has 1 aliphatic carbocycles. The Hall–Kier alpha value is -4.27. The molecule has 1 aromatic heterocycles. The standard InChI is InChI=1S/C32H32N4O4/c1-5-20-15-22-23(16-25(20)35-10-11-36(30(38)39)26(18-35)31(2,3)4)32(8-12-40-13-9-32)29-27(28(22)37)21-7-6-19(17-33)14-24(21)34-29/h1,6-7,14-16,26,34H,8-13,18H2,2-4H3,(H,38,39). The third-order valence-electron chi connectivity index (χ3n) is 9.00. The number of carbonyl (C=O) groups is 2. The van der Waals surface area contributed by atoms with E-state index >= 15 is 0 Å². The third-order valence-corrected chi connectivity index (χ3v) is 9.00. The maximum absolute atomic E-state index is 14.2. The number of nitriles is 1. The molecule has 1 spiro atoms. The highest BCUT2D eigenvalue weighted by atomic mass is 16.5. The first-order chi connectivity index (χ1) is 19.1. The predicted octanol–water partition coefficient (Wildman–Crippen LogP) is 4.88. The monoisotopic (exact) mass is 536 g/mol. The van der Waals surface area contributed by atoms with Crippen LogP contribution in [0, 0.1) is 29.1 Å². The van der Waals surface area contributed by atoms with E-state index in [1.165, 1.54) is 4.90 Å². The van der Waals surface area contributed by atoms with Crippen LogP contribution in [-0.4, -0.2) is 65.8 Å². The zero-order valence-electron chi connectivity index (χ0n) is 23.0. The van der Waals surface area contributed by atoms with E-state index < -0.39 is 11.5 Å². The maximum Gasteiger partial charge on any atom is 0.407 e. The van der Waals surface area contributed by atoms with Crippen molar-refractivity contribution in [2.24, 2.45) is 5.41 Å². The molecule has 2 N–H and O–H groups in total. The summed E-state index contributed by atoms with van der Waals surface area (Å²) in [5.41, 5.74) is 5.09. The average Bonchev–Trinajstić information content (AvgIpc) is 3.35. The molecule has 2 aliphatic heterocycles. The van der Waals surface area contributed by atoms with Crippen LogP contribution in [0.4, 0.5) is 10.5 Å². The van der Waals surface area contributed by atoms with Crippen LogP contribution in [0.2, 0.25) is 0 Å². The molecule has 8 heteroatoms. The van der Waals surface area contributed by atoms with Gasteiger partial charge in [0.05, 0.1) is 28.9 Å². The molecular weight excluding hydrogens is 504 g/mol. The fourth-order valence-corrected chi connectivity index (χ4v) is 6.89. The number of fused-ring (bicyclic) bond motifs is 6. The highest BCUT2D eigenvalue weighted by molar-refractivity contribution is 6.20. The van der Waals surface area contributed by atoms with Crippen molar-refractivity contribution in [3.8, 4) is 18.4 Å². The molecule has 40 heavy (non-hydrogen) atoms. The summed E-state index contributed by atoms with van der Waals surface area (Å²) in [6.45, 7) is 8.64. The Kier molecular flexibility index (Phi) is 5.94. The number of hydrogen-bond acceptors (Lipinski definition) is 5. The maximum atomic E-state index is 14.2. The molecule has 0 saturated carbocycles. The lowest BCUT2D eigenvalue weighted by molar-refractivity contribution is 0.0601. The molecule has 1 unspecified atom stereocenters. The van der Waals surface area contributed by atoms with E-state index in [9.17, 15) is 20.0 Å². The summed E-state index contributed by atoms with van der Waals surface area (Å²) in [5.74, 6) is 2.74. The van der Waals surface area contributed by atoms with E-state index in [0.717, 1.165) is 27.8 Å². The number of carboxylic acid groups (broad SMARTS) is 1. The summed E-state index contributed by atoms with van der Waals surface area (Å²) in [7, 11) is 0. The van der Waals surface area contributed by atoms with Gasteiger partial charge in [0.1, 0.15) is 0 Å². The second kappa shape index (κ2) is 9.15. The number of hydrogen-bond donors (Lipinski definition) is 2. The topological polar surface area (TPSA) is 110 Å². The van der Waals surface area contributed by atoms with Crippen LogP contribution in [0.5, 0.6) is 0 Å². The molecule has 2 saturated heterocycles. The number of anilines is 1. The highest BCUT2D eigenvalue weighted by Crippen LogP contribution is 2.51. The van der Waals surface area contributed by atoms with Gasteiger partial charge in [0, 0.05) is 66.0 Å². The molecule has 6 rings (SSSR count). The molecule has 1 amide bonds. The van der Waals surface area contributed by atoms with E-state index in [1.54, 1.807) is 12.1 Å². The van der Waals surface area contributed by atoms with Gasteiger partial charge in [-0.25, -0.2) is 4.79 Å². The number of amides is 1. The lowest BCUT2D eigenvalue weighted by atomic mass is 9.64. The van der Waals surface area contributed by atoms with Gasteiger partial charge in [-0.15, -0.1) is 6.42 Å². The van der Waals surface area contributed by atoms with E-state index in [0.29, 0.717) is 67.9 Å². The SMILES string of the molecule is C#Cc1cc2c(cc1N1CCN(C(=O)O)C(C(C)(C)C)C1)C1(CCOCC1)c1[nH]c3cc(C#N)ccc3c1C2=O. The van der Waals surface area contributed by atoms with Crippen molar-refractivity contribution in [1.82, 2.24) is 9.88 Å². The molecule has 204 valence electrons. The van der Waals surface area contributed by atoms with Gasteiger partial charge in [-0.05, 0) is 48.1 Å². The number of aromatic nitrogens is 1. The lowest BCUT2D eigenvalue weighted by Gasteiger charge is -2.47. The number of aromatic amines is 1. The number of piperazine rings is 1. The van der Waals surface area contributed by atoms with Crippen LogP contribution in [0.25, 0.3) is 10.9 Å². The average molecular weight is 537 g/mol. The fourth-order valence-electron chi connectivity index (χ4n) is 6.89. The summed E-state index contributed by atoms with van der Waals surface area (Å²) < 4.78 is 5.80. The largest absolute Gasteiger partial charge is 0.465 e. The van der Waals surface area contributed by atoms with Crippen molar-refractivity contribution in [2.45, 2.75) is 45.1 Å². The number of ketones is 1. The van der Waals surface area contributed by atoms with Crippen molar-refractivity contribution < 1.29 is 19.4 Å². The summed E-state index contributed by atoms with van der Waals surface area (Å²) in [6.07, 6.45) is 6.53. The van der Waals surface area contributed by atoms with Crippen molar-refractivity contribution in [2.75, 3.05) is 37.7 Å². The molecule has 0 radical (unpaired) electrons. The van der Waals surface area contributed by atoms with Gasteiger partial charge < -0.3 is 24.6 Å². The predicted molar refractivity (Wildman–Crippen MR) is 152 cm³/mol. The van der Waals surface area contributed by atoms with Gasteiger partial charge in [-0.2, -0.15) is 5.26 Å². The quantitative estimate of drug-likeness (QED) is 0.429. The number of benzene rings is 2. The van der Waals surface area contributed by atoms with Crippen molar-refractivity contribution in [3.63, 3.8) is 0 Å². The van der Waals surface area contributed by atoms with Crippen LogP contribution in [-0.2, 0) is 10.2 Å². The second-order valence-corrected chi connectivity index (χ2v) is 12.1. The number of carbonyl (C=O) groups excluding carboxylic acids is 1. The van der Waals surface area contributed by atoms with Crippen molar-refractivity contribution in [1.29, 1.82) is 5.26 Å². The summed E-state index contributed by atoms with van der Waals surface area (Å²) >= 11 is 0. The minimum Gasteiger partial charge on any atom is -0.465 e. The molecule has 8 nitrogen and oxygen atoms in total. The van der Waals surface area contributed by atoms with Crippen LogP contribution in [0.3, 0.4) is 0 Å². The molecule has 0 bridgehead atoms. The van der Waals surface area contributed by atoms with Gasteiger partial charge in [0.15, 0.2) is 5.78 Å². The number of nitrogens with one attached hydrogen (secondary N) is 1. The fraction of sp³-hybridized carbons (Fsp3) is 0.406. The smallest absolute Gasteiger partial charge is 0.407 e. The summed E-state index contributed by atoms with van der Waals surface area (Å²) in [5, 5.41) is 20.1. The van der Waals surface area contributed by atoms with E-state index in [4.69, 9.17) is 11.2 Å². The first-order valence-corrected chi connectivity index (χ1v) is 13.7. The highest BCUT2D eigenvalue weighted by Gasteiger charge is 2.48. The Balaban J connectivity index is 1.53. The van der Waals surface area contributed by atoms with Gasteiger partial charge in [-0.3, -0.25) is 4.79 Å². The molecule has 3 aromatic rings. The molecular formula is C32H32N4O4. The van der Waals surface area contributed by atoms with Crippen molar-refractivity contribution >= 4 is 28.5 Å². The van der Waals surface area contributed by atoms with Crippen LogP contribution >= 0.6 is 0 Å². The van der Waals surface area contributed by atoms with E-state index in [-0.39, 0.29) is 17.2 Å². The van der Waals surface area contributed by atoms with Gasteiger partial charge in [0.25, 0.3) is 0 Å². The van der Waals surface area contributed by atoms with Gasteiger partial charge in [-0.1, -0.05) is 32.8 Å². The Labute approximate surface area is 233 Å². The van der Waals surface area contributed by atoms with Crippen LogP contribution < -0.4 is 4.90 Å². The zero-order valence-corrected chi connectivity index (χ0v) is 23.0. The Morgan fingerprint density at radius 1 is 1.20 bits per heavy atom. The minimum absolute atomic E-state index is 0.0793. The molecule has 3 heterocycles. The number of terminal acetylenes is 1. The third kappa shape index (κ3) is 3.78. The first kappa shape index (κ1) is 26.0. The lowest BCUT2D eigenvalue weighted by Crippen LogP contribution is -2.59. The Bertz CT molecular complexity index is 1640. The normalized spacial score (nSPS) is 20.1.